The van der Waals surface area contributed by atoms with Gasteiger partial charge in [0.25, 0.3) is 0 Å². The Morgan fingerprint density at radius 1 is 1.26 bits per heavy atom. The second-order valence-corrected chi connectivity index (χ2v) is 6.05. The van der Waals surface area contributed by atoms with Gasteiger partial charge < -0.3 is 15.2 Å². The lowest BCUT2D eigenvalue weighted by molar-refractivity contribution is 0.0816. The van der Waals surface area contributed by atoms with Gasteiger partial charge in [0.15, 0.2) is 11.5 Å². The number of hydrogen-bond acceptors (Lipinski definition) is 4. The van der Waals surface area contributed by atoms with Crippen LogP contribution in [0.3, 0.4) is 0 Å². The largest absolute Gasteiger partial charge is 0.504 e. The van der Waals surface area contributed by atoms with Crippen molar-refractivity contribution in [1.82, 2.24) is 10.2 Å². The van der Waals surface area contributed by atoms with Crippen molar-refractivity contribution in [1.29, 1.82) is 0 Å². The second-order valence-electron chi connectivity index (χ2n) is 6.05. The average Bonchev–Trinajstić information content (AvgIpc) is 2.46. The van der Waals surface area contributed by atoms with Crippen molar-refractivity contribution in [2.24, 2.45) is 5.92 Å². The van der Waals surface area contributed by atoms with E-state index >= 15 is 0 Å². The second kappa shape index (κ2) is 9.58. The monoisotopic (exact) mass is 362 g/mol. The molecule has 1 saturated carbocycles. The van der Waals surface area contributed by atoms with Crippen molar-refractivity contribution in [3.8, 4) is 11.5 Å². The van der Waals surface area contributed by atoms with Gasteiger partial charge in [0.2, 0.25) is 0 Å². The van der Waals surface area contributed by atoms with Gasteiger partial charge in [-0.3, -0.25) is 4.90 Å². The molecule has 1 heterocycles. The number of para-hydroxylation sites is 1. The first kappa shape index (κ1) is 20.4. The number of aromatic hydroxyl groups is 1. The Hall–Kier alpha value is -0.680. The van der Waals surface area contributed by atoms with E-state index in [4.69, 9.17) is 4.74 Å². The summed E-state index contributed by atoms with van der Waals surface area (Å²) in [5, 5.41) is 14.0. The summed E-state index contributed by atoms with van der Waals surface area (Å²) in [6.45, 7) is 6.72. The Balaban J connectivity index is 0.00000132. The van der Waals surface area contributed by atoms with Crippen molar-refractivity contribution in [2.75, 3.05) is 32.8 Å². The Kier molecular flexibility index (Phi) is 8.48. The molecule has 132 valence electrons. The predicted molar refractivity (Wildman–Crippen MR) is 98.3 cm³/mol. The molecule has 0 spiro atoms. The van der Waals surface area contributed by atoms with Crippen LogP contribution < -0.4 is 10.1 Å². The molecule has 1 saturated heterocycles. The van der Waals surface area contributed by atoms with Gasteiger partial charge in [-0.15, -0.1) is 24.8 Å². The predicted octanol–water partition coefficient (Wildman–Crippen LogP) is 3.38. The van der Waals surface area contributed by atoms with Crippen molar-refractivity contribution < 1.29 is 9.84 Å². The molecule has 0 bridgehead atoms. The Bertz CT molecular complexity index is 478. The van der Waals surface area contributed by atoms with E-state index in [2.05, 4.69) is 16.3 Å². The summed E-state index contributed by atoms with van der Waals surface area (Å²) in [5.74, 6) is 1.63. The summed E-state index contributed by atoms with van der Waals surface area (Å²) in [6.07, 6.45) is 3.86. The number of hydrogen-bond donors (Lipinski definition) is 2. The summed E-state index contributed by atoms with van der Waals surface area (Å²) in [5.41, 5.74) is 1.05. The van der Waals surface area contributed by atoms with Gasteiger partial charge in [-0.1, -0.05) is 18.6 Å². The van der Waals surface area contributed by atoms with Crippen molar-refractivity contribution in [3.63, 3.8) is 0 Å². The van der Waals surface area contributed by atoms with E-state index in [0.29, 0.717) is 30.1 Å². The van der Waals surface area contributed by atoms with Crippen LogP contribution in [0.5, 0.6) is 11.5 Å². The van der Waals surface area contributed by atoms with Gasteiger partial charge in [-0.25, -0.2) is 0 Å². The normalized spacial score (nSPS) is 19.9. The summed E-state index contributed by atoms with van der Waals surface area (Å²) in [4.78, 5) is 2.53. The highest BCUT2D eigenvalue weighted by Gasteiger charge is 2.35. The molecule has 3 rings (SSSR count). The van der Waals surface area contributed by atoms with Crippen LogP contribution in [0.2, 0.25) is 0 Å². The molecular weight excluding hydrogens is 335 g/mol. The van der Waals surface area contributed by atoms with E-state index in [1.165, 1.54) is 19.3 Å². The van der Waals surface area contributed by atoms with E-state index in [1.807, 2.05) is 19.1 Å². The van der Waals surface area contributed by atoms with Gasteiger partial charge in [0, 0.05) is 37.8 Å². The minimum atomic E-state index is 0. The Labute approximate surface area is 151 Å². The van der Waals surface area contributed by atoms with E-state index in [1.54, 1.807) is 0 Å². The van der Waals surface area contributed by atoms with E-state index < -0.39 is 0 Å². The summed E-state index contributed by atoms with van der Waals surface area (Å²) in [7, 11) is 0. The highest BCUT2D eigenvalue weighted by Crippen LogP contribution is 2.46. The summed E-state index contributed by atoms with van der Waals surface area (Å²) >= 11 is 0. The third-order valence-corrected chi connectivity index (χ3v) is 4.79. The maximum absolute atomic E-state index is 10.6. The van der Waals surface area contributed by atoms with Crippen LogP contribution >= 0.6 is 24.8 Å². The average molecular weight is 363 g/mol. The topological polar surface area (TPSA) is 44.7 Å². The lowest BCUT2D eigenvalue weighted by Crippen LogP contribution is -2.47. The van der Waals surface area contributed by atoms with Crippen LogP contribution in [0.15, 0.2) is 18.2 Å². The molecule has 2 N–H and O–H groups in total. The van der Waals surface area contributed by atoms with E-state index in [0.717, 1.165) is 31.7 Å². The van der Waals surface area contributed by atoms with Crippen molar-refractivity contribution in [3.05, 3.63) is 23.8 Å². The third kappa shape index (κ3) is 4.44. The number of nitrogens with one attached hydrogen (secondary N) is 1. The zero-order valence-electron chi connectivity index (χ0n) is 13.7. The molecule has 23 heavy (non-hydrogen) atoms. The highest BCUT2D eigenvalue weighted by atomic mass is 35.5. The molecule has 0 aromatic heterocycles. The molecule has 2 fully saturated rings. The van der Waals surface area contributed by atoms with E-state index in [9.17, 15) is 5.11 Å². The molecule has 0 amide bonds. The lowest BCUT2D eigenvalue weighted by Gasteiger charge is -2.43. The number of halogens is 2. The summed E-state index contributed by atoms with van der Waals surface area (Å²) < 4.78 is 5.57. The quantitative estimate of drug-likeness (QED) is 0.842. The number of phenols is 1. The fourth-order valence-electron chi connectivity index (χ4n) is 3.51. The van der Waals surface area contributed by atoms with Crippen LogP contribution in [0.1, 0.15) is 37.8 Å². The molecule has 1 aromatic rings. The van der Waals surface area contributed by atoms with Crippen LogP contribution in [-0.2, 0) is 0 Å². The molecule has 4 nitrogen and oxygen atoms in total. The molecule has 6 heteroatoms. The van der Waals surface area contributed by atoms with Gasteiger partial charge in [-0.05, 0) is 31.7 Å². The minimum absolute atomic E-state index is 0. The molecular formula is C17H28Cl2N2O2. The Morgan fingerprint density at radius 3 is 2.52 bits per heavy atom. The number of piperazine rings is 1. The van der Waals surface area contributed by atoms with Crippen LogP contribution in [0.4, 0.5) is 0 Å². The fraction of sp³-hybridized carbons (Fsp3) is 0.647. The number of benzene rings is 1. The maximum Gasteiger partial charge on any atom is 0.162 e. The third-order valence-electron chi connectivity index (χ3n) is 4.79. The molecule has 1 aliphatic carbocycles. The molecule has 1 atom stereocenters. The zero-order valence-corrected chi connectivity index (χ0v) is 15.3. The smallest absolute Gasteiger partial charge is 0.162 e. The highest BCUT2D eigenvalue weighted by molar-refractivity contribution is 5.85. The first-order valence-electron chi connectivity index (χ1n) is 8.20. The van der Waals surface area contributed by atoms with Crippen LogP contribution in [-0.4, -0.2) is 42.8 Å². The van der Waals surface area contributed by atoms with Gasteiger partial charge in [0.05, 0.1) is 6.61 Å². The molecule has 0 unspecified atom stereocenters. The molecule has 1 aromatic carbocycles. The molecule has 2 aliphatic rings. The maximum atomic E-state index is 10.6. The van der Waals surface area contributed by atoms with Gasteiger partial charge in [-0.2, -0.15) is 0 Å². The van der Waals surface area contributed by atoms with Crippen molar-refractivity contribution in [2.45, 2.75) is 32.2 Å². The van der Waals surface area contributed by atoms with Crippen LogP contribution in [0, 0.1) is 5.92 Å². The first-order valence-corrected chi connectivity index (χ1v) is 8.20. The number of rotatable bonds is 5. The number of phenolic OH excluding ortho intramolecular Hbond substituents is 1. The number of ether oxygens (including phenoxy) is 1. The molecule has 1 aliphatic heterocycles. The Morgan fingerprint density at radius 2 is 1.96 bits per heavy atom. The van der Waals surface area contributed by atoms with Gasteiger partial charge >= 0.3 is 0 Å². The molecule has 0 radical (unpaired) electrons. The van der Waals surface area contributed by atoms with Crippen molar-refractivity contribution >= 4 is 24.8 Å². The first-order chi connectivity index (χ1) is 10.3. The SMILES string of the molecule is CCOc1cccc([C@@H](C2CCC2)N2CCNCC2)c1O.Cl.Cl. The van der Waals surface area contributed by atoms with E-state index in [-0.39, 0.29) is 24.8 Å². The summed E-state index contributed by atoms with van der Waals surface area (Å²) in [6, 6.07) is 6.27. The van der Waals surface area contributed by atoms with Crippen LogP contribution in [0.25, 0.3) is 0 Å². The zero-order chi connectivity index (χ0) is 14.7. The van der Waals surface area contributed by atoms with Gasteiger partial charge in [0.1, 0.15) is 0 Å². The lowest BCUT2D eigenvalue weighted by atomic mass is 9.76. The standard InChI is InChI=1S/C17H26N2O2.2ClH/c1-2-21-15-8-4-7-14(17(15)20)16(13-5-3-6-13)19-11-9-18-10-12-19;;/h4,7-8,13,16,18,20H,2-3,5-6,9-12H2,1H3;2*1H/t16-;;/m1../s1. The number of nitrogens with zero attached hydrogens (tertiary/aromatic N) is 1. The minimum Gasteiger partial charge on any atom is -0.504 e. The fourth-order valence-corrected chi connectivity index (χ4v) is 3.51.